The molecule has 0 bridgehead atoms. The first-order chi connectivity index (χ1) is 4.86. The minimum atomic E-state index is 1.14. The second-order valence-electron chi connectivity index (χ2n) is 2.70. The van der Waals surface area contributed by atoms with Crippen molar-refractivity contribution in [2.75, 3.05) is 32.7 Å². The lowest BCUT2D eigenvalue weighted by molar-refractivity contribution is 0.181. The highest BCUT2D eigenvalue weighted by molar-refractivity contribution is 4.78. The molecule has 0 unspecified atom stereocenters. The zero-order valence-corrected chi connectivity index (χ0v) is 7.01. The molecule has 0 saturated carbocycles. The molecule has 0 aromatic heterocycles. The second-order valence-corrected chi connectivity index (χ2v) is 2.70. The monoisotopic (exact) mass is 141 g/mol. The summed E-state index contributed by atoms with van der Waals surface area (Å²) in [5.74, 6) is 0. The number of likely N-dealkylation sites (N-methyl/N-ethyl adjacent to an activating group) is 2. The van der Waals surface area contributed by atoms with Gasteiger partial charge in [-0.1, -0.05) is 13.8 Å². The second kappa shape index (κ2) is 3.94. The summed E-state index contributed by atoms with van der Waals surface area (Å²) in [6.45, 7) is 12.7. The molecule has 0 atom stereocenters. The lowest BCUT2D eigenvalue weighted by Gasteiger charge is -2.32. The van der Waals surface area contributed by atoms with Gasteiger partial charge in [0, 0.05) is 26.2 Å². The smallest absolute Gasteiger partial charge is 0.0391 e. The Bertz CT molecular complexity index is 73.3. The third-order valence-electron chi connectivity index (χ3n) is 2.15. The van der Waals surface area contributed by atoms with Crippen LogP contribution in [0.25, 0.3) is 0 Å². The molecule has 1 saturated heterocycles. The molecule has 0 N–H and O–H groups in total. The average molecular weight is 141 g/mol. The molecule has 2 nitrogen and oxygen atoms in total. The van der Waals surface area contributed by atoms with Crippen molar-refractivity contribution in [3.05, 3.63) is 6.54 Å². The number of nitrogens with zero attached hydrogens (tertiary/aromatic N) is 2. The van der Waals surface area contributed by atoms with Gasteiger partial charge in [-0.05, 0) is 13.1 Å². The van der Waals surface area contributed by atoms with Crippen LogP contribution >= 0.6 is 0 Å². The number of hydrogen-bond acceptors (Lipinski definition) is 2. The molecule has 1 aliphatic heterocycles. The Kier molecular flexibility index (Phi) is 3.16. The standard InChI is InChI=1S/C8H17N2/c1-3-9-5-7-10(4-2)8-6-9/h5H,3-4,6-8H2,1-2H3. The molecule has 2 heteroatoms. The molecule has 0 aliphatic carbocycles. The van der Waals surface area contributed by atoms with Gasteiger partial charge in [0.15, 0.2) is 0 Å². The summed E-state index contributed by atoms with van der Waals surface area (Å²) in [6, 6.07) is 0. The van der Waals surface area contributed by atoms with Crippen LogP contribution in [0.2, 0.25) is 0 Å². The van der Waals surface area contributed by atoms with E-state index in [1.807, 2.05) is 0 Å². The molecule has 0 spiro atoms. The maximum absolute atomic E-state index is 2.45. The van der Waals surface area contributed by atoms with Gasteiger partial charge in [0.25, 0.3) is 0 Å². The first-order valence-electron chi connectivity index (χ1n) is 4.16. The molecule has 1 fully saturated rings. The van der Waals surface area contributed by atoms with E-state index >= 15 is 0 Å². The van der Waals surface area contributed by atoms with Crippen LogP contribution in [0.5, 0.6) is 0 Å². The molecule has 0 aromatic rings. The third kappa shape index (κ3) is 1.96. The SMILES string of the molecule is CCN1[CH]CN(CC)CC1. The average Bonchev–Trinajstić information content (AvgIpc) is 2.05. The van der Waals surface area contributed by atoms with Crippen molar-refractivity contribution in [1.29, 1.82) is 0 Å². The van der Waals surface area contributed by atoms with Crippen molar-refractivity contribution >= 4 is 0 Å². The molecule has 1 aliphatic rings. The topological polar surface area (TPSA) is 6.48 Å². The number of piperazine rings is 1. The highest BCUT2D eigenvalue weighted by Crippen LogP contribution is 2.03. The van der Waals surface area contributed by atoms with Gasteiger partial charge in [-0.15, -0.1) is 0 Å². The first kappa shape index (κ1) is 8.02. The van der Waals surface area contributed by atoms with E-state index in [0.29, 0.717) is 0 Å². The van der Waals surface area contributed by atoms with Crippen LogP contribution in [-0.2, 0) is 0 Å². The fraction of sp³-hybridized carbons (Fsp3) is 0.875. The molecule has 0 amide bonds. The Morgan fingerprint density at radius 3 is 2.40 bits per heavy atom. The highest BCUT2D eigenvalue weighted by atomic mass is 15.2. The Morgan fingerprint density at radius 1 is 1.20 bits per heavy atom. The van der Waals surface area contributed by atoms with Crippen LogP contribution in [0.1, 0.15) is 13.8 Å². The van der Waals surface area contributed by atoms with E-state index in [-0.39, 0.29) is 0 Å². The quantitative estimate of drug-likeness (QED) is 0.561. The zero-order valence-electron chi connectivity index (χ0n) is 7.01. The van der Waals surface area contributed by atoms with Gasteiger partial charge >= 0.3 is 0 Å². The Labute approximate surface area is 63.8 Å². The lowest BCUT2D eigenvalue weighted by Crippen LogP contribution is -2.42. The molecule has 1 heterocycles. The normalized spacial score (nSPS) is 23.4. The summed E-state index contributed by atoms with van der Waals surface area (Å²) < 4.78 is 0. The van der Waals surface area contributed by atoms with Gasteiger partial charge in [0.1, 0.15) is 0 Å². The largest absolute Gasteiger partial charge is 0.301 e. The molecule has 1 radical (unpaired) electrons. The molecule has 59 valence electrons. The molecule has 0 aromatic carbocycles. The van der Waals surface area contributed by atoms with Crippen LogP contribution in [0.15, 0.2) is 0 Å². The predicted molar refractivity (Wildman–Crippen MR) is 43.7 cm³/mol. The van der Waals surface area contributed by atoms with E-state index in [2.05, 4.69) is 30.2 Å². The van der Waals surface area contributed by atoms with E-state index in [9.17, 15) is 0 Å². The van der Waals surface area contributed by atoms with Crippen molar-refractivity contribution in [3.8, 4) is 0 Å². The first-order valence-corrected chi connectivity index (χ1v) is 4.16. The maximum Gasteiger partial charge on any atom is 0.0391 e. The summed E-state index contributed by atoms with van der Waals surface area (Å²) in [7, 11) is 0. The van der Waals surface area contributed by atoms with Crippen molar-refractivity contribution in [1.82, 2.24) is 9.80 Å². The third-order valence-corrected chi connectivity index (χ3v) is 2.15. The van der Waals surface area contributed by atoms with Crippen LogP contribution < -0.4 is 0 Å². The summed E-state index contributed by atoms with van der Waals surface area (Å²) in [4.78, 5) is 4.83. The van der Waals surface area contributed by atoms with Crippen LogP contribution in [0.3, 0.4) is 0 Å². The molecule has 1 rings (SSSR count). The molecular weight excluding hydrogens is 124 g/mol. The van der Waals surface area contributed by atoms with Crippen molar-refractivity contribution < 1.29 is 0 Å². The van der Waals surface area contributed by atoms with Crippen LogP contribution in [0.4, 0.5) is 0 Å². The van der Waals surface area contributed by atoms with E-state index in [4.69, 9.17) is 0 Å². The molecule has 10 heavy (non-hydrogen) atoms. The van der Waals surface area contributed by atoms with E-state index in [1.54, 1.807) is 0 Å². The van der Waals surface area contributed by atoms with Gasteiger partial charge in [-0.25, -0.2) is 0 Å². The van der Waals surface area contributed by atoms with E-state index in [1.165, 1.54) is 19.6 Å². The minimum Gasteiger partial charge on any atom is -0.301 e. The Hall–Kier alpha value is -0.0800. The summed E-state index contributed by atoms with van der Waals surface area (Å²) in [5, 5.41) is 0. The van der Waals surface area contributed by atoms with Crippen LogP contribution in [0, 0.1) is 6.54 Å². The van der Waals surface area contributed by atoms with Crippen molar-refractivity contribution in [2.24, 2.45) is 0 Å². The Morgan fingerprint density at radius 2 is 2.00 bits per heavy atom. The predicted octanol–water partition coefficient (Wildman–Crippen LogP) is 0.806. The van der Waals surface area contributed by atoms with Gasteiger partial charge in [0.05, 0.1) is 0 Å². The summed E-state index contributed by atoms with van der Waals surface area (Å²) >= 11 is 0. The van der Waals surface area contributed by atoms with E-state index < -0.39 is 0 Å². The van der Waals surface area contributed by atoms with Gasteiger partial charge < -0.3 is 4.90 Å². The summed E-state index contributed by atoms with van der Waals surface area (Å²) in [5.41, 5.74) is 0. The zero-order chi connectivity index (χ0) is 7.40. The highest BCUT2D eigenvalue weighted by Gasteiger charge is 2.13. The fourth-order valence-electron chi connectivity index (χ4n) is 1.26. The number of hydrogen-bond donors (Lipinski definition) is 0. The van der Waals surface area contributed by atoms with Crippen molar-refractivity contribution in [2.45, 2.75) is 13.8 Å². The Balaban J connectivity index is 2.17. The summed E-state index contributed by atoms with van der Waals surface area (Å²) in [6.07, 6.45) is 0. The van der Waals surface area contributed by atoms with Gasteiger partial charge in [0.2, 0.25) is 0 Å². The van der Waals surface area contributed by atoms with Crippen molar-refractivity contribution in [3.63, 3.8) is 0 Å². The minimum absolute atomic E-state index is 1.14. The lowest BCUT2D eigenvalue weighted by atomic mass is 10.3. The fourth-order valence-corrected chi connectivity index (χ4v) is 1.26. The maximum atomic E-state index is 2.45. The van der Waals surface area contributed by atoms with E-state index in [0.717, 1.165) is 13.1 Å². The van der Waals surface area contributed by atoms with Gasteiger partial charge in [-0.3, -0.25) is 4.90 Å². The van der Waals surface area contributed by atoms with Crippen LogP contribution in [-0.4, -0.2) is 42.5 Å². The van der Waals surface area contributed by atoms with Gasteiger partial charge in [-0.2, -0.15) is 0 Å². The molecular formula is C8H17N2. The number of rotatable bonds is 2.